The second-order valence-electron chi connectivity index (χ2n) is 5.81. The Morgan fingerprint density at radius 2 is 1.81 bits per heavy atom. The van der Waals surface area contributed by atoms with Gasteiger partial charge in [0.2, 0.25) is 0 Å². The third-order valence-corrected chi connectivity index (χ3v) is 5.97. The molecule has 0 fully saturated rings. The minimum absolute atomic E-state index is 0.0489. The maximum absolute atomic E-state index is 12.9. The van der Waals surface area contributed by atoms with Crippen molar-refractivity contribution in [3.8, 4) is 0 Å². The largest absolute Gasteiger partial charge is 0.340 e. The molecule has 140 valence electrons. The van der Waals surface area contributed by atoms with E-state index in [2.05, 4.69) is 5.32 Å². The van der Waals surface area contributed by atoms with Crippen molar-refractivity contribution < 1.29 is 13.2 Å². The summed E-state index contributed by atoms with van der Waals surface area (Å²) >= 11 is 5.95. The van der Waals surface area contributed by atoms with Crippen molar-refractivity contribution in [2.45, 2.75) is 4.90 Å². The number of hydrogen-bond donors (Lipinski definition) is 1. The SMILES string of the molecule is CNCCN(C)C(=O)c1cccc(S(=O)(=O)N(C)c2cccc(Cl)c2)c1. The number of carbonyl (C=O) groups excluding carboxylic acids is 1. The Morgan fingerprint density at radius 1 is 1.12 bits per heavy atom. The summed E-state index contributed by atoms with van der Waals surface area (Å²) in [5.74, 6) is -0.234. The molecule has 0 atom stereocenters. The van der Waals surface area contributed by atoms with Crippen LogP contribution in [0.2, 0.25) is 5.02 Å². The predicted molar refractivity (Wildman–Crippen MR) is 104 cm³/mol. The second-order valence-corrected chi connectivity index (χ2v) is 8.22. The lowest BCUT2D eigenvalue weighted by Gasteiger charge is -2.21. The molecule has 0 bridgehead atoms. The second kappa shape index (κ2) is 8.53. The fourth-order valence-corrected chi connectivity index (χ4v) is 3.78. The smallest absolute Gasteiger partial charge is 0.264 e. The monoisotopic (exact) mass is 395 g/mol. The molecular weight excluding hydrogens is 374 g/mol. The number of nitrogens with one attached hydrogen (secondary N) is 1. The Morgan fingerprint density at radius 3 is 2.46 bits per heavy atom. The van der Waals surface area contributed by atoms with Gasteiger partial charge in [0.25, 0.3) is 15.9 Å². The lowest BCUT2D eigenvalue weighted by molar-refractivity contribution is 0.0796. The Bertz CT molecular complexity index is 887. The van der Waals surface area contributed by atoms with Crippen molar-refractivity contribution >= 4 is 33.2 Å². The number of nitrogens with zero attached hydrogens (tertiary/aromatic N) is 2. The zero-order valence-electron chi connectivity index (χ0n) is 14.9. The van der Waals surface area contributed by atoms with E-state index >= 15 is 0 Å². The van der Waals surface area contributed by atoms with Crippen LogP contribution in [0.1, 0.15) is 10.4 Å². The zero-order valence-corrected chi connectivity index (χ0v) is 16.5. The topological polar surface area (TPSA) is 69.7 Å². The molecule has 2 rings (SSSR count). The average Bonchev–Trinajstić information content (AvgIpc) is 2.64. The van der Waals surface area contributed by atoms with Gasteiger partial charge in [-0.2, -0.15) is 0 Å². The van der Waals surface area contributed by atoms with E-state index in [9.17, 15) is 13.2 Å². The van der Waals surface area contributed by atoms with Crippen LogP contribution in [-0.2, 0) is 10.0 Å². The van der Waals surface area contributed by atoms with Gasteiger partial charge in [0.15, 0.2) is 0 Å². The zero-order chi connectivity index (χ0) is 19.3. The number of likely N-dealkylation sites (N-methyl/N-ethyl adjacent to an activating group) is 2. The van der Waals surface area contributed by atoms with E-state index in [-0.39, 0.29) is 10.8 Å². The first-order valence-corrected chi connectivity index (χ1v) is 9.84. The van der Waals surface area contributed by atoms with Gasteiger partial charge < -0.3 is 10.2 Å². The molecule has 0 heterocycles. The van der Waals surface area contributed by atoms with Crippen LogP contribution in [0.4, 0.5) is 5.69 Å². The summed E-state index contributed by atoms with van der Waals surface area (Å²) in [6.45, 7) is 1.17. The maximum Gasteiger partial charge on any atom is 0.264 e. The molecule has 26 heavy (non-hydrogen) atoms. The number of rotatable bonds is 7. The van der Waals surface area contributed by atoms with Crippen molar-refractivity contribution in [2.75, 3.05) is 38.5 Å². The maximum atomic E-state index is 12.9. The number of carbonyl (C=O) groups is 1. The van der Waals surface area contributed by atoms with Crippen LogP contribution >= 0.6 is 11.6 Å². The van der Waals surface area contributed by atoms with Crippen LogP contribution < -0.4 is 9.62 Å². The number of halogens is 1. The third kappa shape index (κ3) is 4.55. The average molecular weight is 396 g/mol. The fourth-order valence-electron chi connectivity index (χ4n) is 2.36. The van der Waals surface area contributed by atoms with Gasteiger partial charge >= 0.3 is 0 Å². The highest BCUT2D eigenvalue weighted by Crippen LogP contribution is 2.25. The fraction of sp³-hybridized carbons (Fsp3) is 0.278. The van der Waals surface area contributed by atoms with Gasteiger partial charge in [0.05, 0.1) is 10.6 Å². The van der Waals surface area contributed by atoms with E-state index in [1.165, 1.54) is 19.2 Å². The molecule has 8 heteroatoms. The normalized spacial score (nSPS) is 11.2. The van der Waals surface area contributed by atoms with Gasteiger partial charge in [-0.1, -0.05) is 23.7 Å². The van der Waals surface area contributed by atoms with E-state index in [1.54, 1.807) is 55.4 Å². The molecule has 6 nitrogen and oxygen atoms in total. The summed E-state index contributed by atoms with van der Waals surface area (Å²) in [5.41, 5.74) is 0.768. The highest BCUT2D eigenvalue weighted by atomic mass is 35.5. The molecule has 0 saturated carbocycles. The summed E-state index contributed by atoms with van der Waals surface area (Å²) in [5, 5.41) is 3.42. The standard InChI is InChI=1S/C18H22ClN3O3S/c1-20-10-11-21(2)18(23)14-6-4-9-17(12-14)26(24,25)22(3)16-8-5-7-15(19)13-16/h4-9,12-13,20H,10-11H2,1-3H3. The molecule has 1 N–H and O–H groups in total. The van der Waals surface area contributed by atoms with Crippen LogP contribution in [0.5, 0.6) is 0 Å². The minimum Gasteiger partial charge on any atom is -0.340 e. The van der Waals surface area contributed by atoms with Crippen molar-refractivity contribution in [1.82, 2.24) is 10.2 Å². The van der Waals surface area contributed by atoms with Crippen molar-refractivity contribution in [3.05, 3.63) is 59.1 Å². The van der Waals surface area contributed by atoms with Crippen LogP contribution in [0.25, 0.3) is 0 Å². The molecule has 0 radical (unpaired) electrons. The Balaban J connectivity index is 2.32. The molecule has 0 unspecified atom stereocenters. The van der Waals surface area contributed by atoms with Crippen LogP contribution in [0, 0.1) is 0 Å². The Hall–Kier alpha value is -2.09. The highest BCUT2D eigenvalue weighted by Gasteiger charge is 2.23. The van der Waals surface area contributed by atoms with E-state index in [4.69, 9.17) is 11.6 Å². The van der Waals surface area contributed by atoms with E-state index < -0.39 is 10.0 Å². The highest BCUT2D eigenvalue weighted by molar-refractivity contribution is 7.92. The van der Waals surface area contributed by atoms with Crippen LogP contribution in [0.15, 0.2) is 53.4 Å². The van der Waals surface area contributed by atoms with Gasteiger partial charge in [-0.25, -0.2) is 8.42 Å². The molecule has 1 amide bonds. The van der Waals surface area contributed by atoms with E-state index in [0.717, 1.165) is 4.31 Å². The predicted octanol–water partition coefficient (Wildman–Crippen LogP) is 2.46. The van der Waals surface area contributed by atoms with Gasteiger partial charge in [-0.05, 0) is 43.4 Å². The lowest BCUT2D eigenvalue weighted by atomic mass is 10.2. The number of amides is 1. The van der Waals surface area contributed by atoms with Crippen LogP contribution in [-0.4, -0.2) is 53.5 Å². The number of hydrogen-bond acceptors (Lipinski definition) is 4. The number of benzene rings is 2. The summed E-state index contributed by atoms with van der Waals surface area (Å²) < 4.78 is 27.0. The van der Waals surface area contributed by atoms with E-state index in [0.29, 0.717) is 29.4 Å². The first-order valence-electron chi connectivity index (χ1n) is 8.02. The number of anilines is 1. The molecule has 0 aliphatic rings. The molecule has 0 aliphatic carbocycles. The summed E-state index contributed by atoms with van der Waals surface area (Å²) in [7, 11) is 1.12. The van der Waals surface area contributed by atoms with Crippen molar-refractivity contribution in [2.24, 2.45) is 0 Å². The molecular formula is C18H22ClN3O3S. The first kappa shape index (κ1) is 20.2. The van der Waals surface area contributed by atoms with Crippen molar-refractivity contribution in [3.63, 3.8) is 0 Å². The van der Waals surface area contributed by atoms with Gasteiger partial charge in [-0.3, -0.25) is 9.10 Å². The minimum atomic E-state index is -3.82. The summed E-state index contributed by atoms with van der Waals surface area (Å²) in [4.78, 5) is 14.1. The molecule has 2 aromatic rings. The van der Waals surface area contributed by atoms with Gasteiger partial charge in [0.1, 0.15) is 0 Å². The Kier molecular flexibility index (Phi) is 6.63. The van der Waals surface area contributed by atoms with Gasteiger partial charge in [0, 0.05) is 37.8 Å². The Labute approximate surface area is 159 Å². The quantitative estimate of drug-likeness (QED) is 0.781. The van der Waals surface area contributed by atoms with Gasteiger partial charge in [-0.15, -0.1) is 0 Å². The lowest BCUT2D eigenvalue weighted by Crippen LogP contribution is -2.33. The summed E-state index contributed by atoms with van der Waals surface area (Å²) in [6.07, 6.45) is 0. The molecule has 0 saturated heterocycles. The molecule has 0 spiro atoms. The van der Waals surface area contributed by atoms with Crippen LogP contribution in [0.3, 0.4) is 0 Å². The molecule has 2 aromatic carbocycles. The van der Waals surface area contributed by atoms with E-state index in [1.807, 2.05) is 0 Å². The summed E-state index contributed by atoms with van der Waals surface area (Å²) in [6, 6.07) is 12.6. The van der Waals surface area contributed by atoms with Crippen molar-refractivity contribution in [1.29, 1.82) is 0 Å². The third-order valence-electron chi connectivity index (χ3n) is 3.96. The molecule has 0 aromatic heterocycles. The number of sulfonamides is 1. The first-order chi connectivity index (χ1) is 12.3. The molecule has 0 aliphatic heterocycles.